The highest BCUT2D eigenvalue weighted by Gasteiger charge is 2.29. The predicted molar refractivity (Wildman–Crippen MR) is 145 cm³/mol. The molecule has 10 heteroatoms. The number of para-hydroxylation sites is 1. The van der Waals surface area contributed by atoms with Crippen molar-refractivity contribution in [3.8, 4) is 5.75 Å². The number of imidazole rings is 1. The van der Waals surface area contributed by atoms with E-state index in [0.29, 0.717) is 48.7 Å². The van der Waals surface area contributed by atoms with Gasteiger partial charge in [0.05, 0.1) is 32.2 Å². The predicted octanol–water partition coefficient (Wildman–Crippen LogP) is 5.29. The fraction of sp³-hybridized carbons (Fsp3) is 0.370. The molecule has 0 bridgehead atoms. The molecule has 0 aliphatic heterocycles. The van der Waals surface area contributed by atoms with E-state index >= 15 is 0 Å². The number of nitrogens with zero attached hydrogens (tertiary/aromatic N) is 4. The van der Waals surface area contributed by atoms with Crippen LogP contribution in [0.5, 0.6) is 5.75 Å². The zero-order chi connectivity index (χ0) is 26.3. The Labute approximate surface area is 217 Å². The molecule has 0 fully saturated rings. The maximum absolute atomic E-state index is 14.0. The third kappa shape index (κ3) is 7.38. The largest absolute Gasteiger partial charge is 0.441 e. The summed E-state index contributed by atoms with van der Waals surface area (Å²) in [6.07, 6.45) is 3.11. The van der Waals surface area contributed by atoms with Gasteiger partial charge in [0.2, 0.25) is 0 Å². The van der Waals surface area contributed by atoms with Crippen molar-refractivity contribution >= 4 is 24.4 Å². The van der Waals surface area contributed by atoms with Gasteiger partial charge >= 0.3 is 0 Å². The number of aromatic nitrogens is 4. The zero-order valence-corrected chi connectivity index (χ0v) is 22.4. The summed E-state index contributed by atoms with van der Waals surface area (Å²) in [5, 5.41) is 0. The second-order valence-electron chi connectivity index (χ2n) is 9.38. The Morgan fingerprint density at radius 3 is 2.57 bits per heavy atom. The van der Waals surface area contributed by atoms with Crippen LogP contribution in [0, 0.1) is 12.8 Å². The lowest BCUT2D eigenvalue weighted by Gasteiger charge is -2.24. The number of nitrogen functional groups attached to an aromatic ring is 1. The van der Waals surface area contributed by atoms with Crippen LogP contribution in [-0.4, -0.2) is 44.7 Å². The molecule has 4 rings (SSSR count). The Morgan fingerprint density at radius 2 is 1.78 bits per heavy atom. The van der Waals surface area contributed by atoms with Crippen molar-refractivity contribution in [2.75, 3.05) is 24.9 Å². The minimum absolute atomic E-state index is 0.00902. The molecule has 1 unspecified atom stereocenters. The number of anilines is 1. The van der Waals surface area contributed by atoms with Gasteiger partial charge in [0.15, 0.2) is 11.5 Å². The first-order chi connectivity index (χ1) is 17.8. The number of aryl methyl sites for hydroxylation is 1. The van der Waals surface area contributed by atoms with Crippen LogP contribution < -0.4 is 10.3 Å². The van der Waals surface area contributed by atoms with Gasteiger partial charge in [0.25, 0.3) is 7.37 Å². The Morgan fingerprint density at radius 1 is 1.03 bits per heavy atom. The maximum atomic E-state index is 14.0. The second kappa shape index (κ2) is 12.3. The number of fused-ring (bicyclic) bond motifs is 1. The van der Waals surface area contributed by atoms with Crippen LogP contribution in [0.4, 0.5) is 5.82 Å². The standard InChI is InChI=1S/C27H34N5O4P/c1-20(14-34-15-23-10-8-7-9-21(23)2)16-37(33,36-24-11-5-4-6-12-24)19-35-22(3)13-32-18-31-25-26(28)29-17-30-27(25)32/h4-12,17-18,20,22H,13-16,19H2,1-3H3,(H2,28,29,30)/t20-,22-,37?/m1/s1. The van der Waals surface area contributed by atoms with Crippen LogP contribution in [-0.2, 0) is 27.2 Å². The van der Waals surface area contributed by atoms with E-state index in [-0.39, 0.29) is 18.4 Å². The van der Waals surface area contributed by atoms with Crippen molar-refractivity contribution in [1.82, 2.24) is 19.5 Å². The highest BCUT2D eigenvalue weighted by Crippen LogP contribution is 2.49. The summed E-state index contributed by atoms with van der Waals surface area (Å²) in [6.45, 7) is 7.45. The van der Waals surface area contributed by atoms with Crippen LogP contribution in [0.25, 0.3) is 11.2 Å². The van der Waals surface area contributed by atoms with Crippen molar-refractivity contribution in [1.29, 1.82) is 0 Å². The van der Waals surface area contributed by atoms with Crippen molar-refractivity contribution in [3.05, 3.63) is 78.4 Å². The monoisotopic (exact) mass is 523 g/mol. The number of hydrogen-bond donors (Lipinski definition) is 1. The molecule has 4 aromatic rings. The average Bonchev–Trinajstić information content (AvgIpc) is 3.28. The summed E-state index contributed by atoms with van der Waals surface area (Å²) in [7, 11) is -3.19. The first-order valence-corrected chi connectivity index (χ1v) is 14.3. The van der Waals surface area contributed by atoms with E-state index in [9.17, 15) is 4.57 Å². The summed E-state index contributed by atoms with van der Waals surface area (Å²) in [5.41, 5.74) is 9.41. The lowest BCUT2D eigenvalue weighted by molar-refractivity contribution is 0.0803. The van der Waals surface area contributed by atoms with E-state index < -0.39 is 7.37 Å². The lowest BCUT2D eigenvalue weighted by Crippen LogP contribution is -2.21. The van der Waals surface area contributed by atoms with Crippen LogP contribution in [0.3, 0.4) is 0 Å². The van der Waals surface area contributed by atoms with Gasteiger partial charge < -0.3 is 24.3 Å². The van der Waals surface area contributed by atoms with Crippen molar-refractivity contribution < 1.29 is 18.6 Å². The number of ether oxygens (including phenoxy) is 2. The number of rotatable bonds is 13. The SMILES string of the molecule is Cc1ccccc1COC[C@@H](C)CP(=O)(CO[C@H](C)Cn1cnc2c(N)ncnc21)Oc1ccccc1. The second-order valence-corrected chi connectivity index (χ2v) is 11.8. The minimum atomic E-state index is -3.19. The maximum Gasteiger partial charge on any atom is 0.273 e. The first kappa shape index (κ1) is 26.8. The Hall–Kier alpha value is -3.26. The molecule has 37 heavy (non-hydrogen) atoms. The van der Waals surface area contributed by atoms with E-state index in [0.717, 1.165) is 5.56 Å². The molecular formula is C27H34N5O4P. The Bertz CT molecular complexity index is 1350. The summed E-state index contributed by atoms with van der Waals surface area (Å²) in [5.74, 6) is 0.898. The molecule has 9 nitrogen and oxygen atoms in total. The molecule has 0 saturated heterocycles. The third-order valence-corrected chi connectivity index (χ3v) is 8.23. The van der Waals surface area contributed by atoms with Gasteiger partial charge in [0, 0.05) is 6.16 Å². The summed E-state index contributed by atoms with van der Waals surface area (Å²) in [6, 6.07) is 17.4. The van der Waals surface area contributed by atoms with Gasteiger partial charge in [0.1, 0.15) is 23.9 Å². The lowest BCUT2D eigenvalue weighted by atomic mass is 10.1. The number of hydrogen-bond acceptors (Lipinski definition) is 8. The zero-order valence-electron chi connectivity index (χ0n) is 21.5. The highest BCUT2D eigenvalue weighted by molar-refractivity contribution is 7.59. The van der Waals surface area contributed by atoms with Crippen molar-refractivity contribution in [2.24, 2.45) is 5.92 Å². The van der Waals surface area contributed by atoms with Gasteiger partial charge in [-0.2, -0.15) is 0 Å². The average molecular weight is 524 g/mol. The normalized spacial score (nSPS) is 14.8. The molecule has 0 amide bonds. The fourth-order valence-corrected chi connectivity index (χ4v) is 6.34. The number of nitrogens with two attached hydrogens (primary N) is 1. The van der Waals surface area contributed by atoms with Crippen LogP contribution in [0.15, 0.2) is 67.3 Å². The summed E-state index contributed by atoms with van der Waals surface area (Å²) >= 11 is 0. The third-order valence-electron chi connectivity index (χ3n) is 5.97. The molecule has 0 radical (unpaired) electrons. The van der Waals surface area contributed by atoms with Gasteiger partial charge in [-0.3, -0.25) is 4.57 Å². The molecular weight excluding hydrogens is 489 g/mol. The molecule has 196 valence electrons. The molecule has 2 aromatic heterocycles. The topological polar surface area (TPSA) is 114 Å². The van der Waals surface area contributed by atoms with E-state index in [1.165, 1.54) is 11.9 Å². The summed E-state index contributed by atoms with van der Waals surface area (Å²) in [4.78, 5) is 12.5. The molecule has 2 aromatic carbocycles. The van der Waals surface area contributed by atoms with E-state index in [2.05, 4.69) is 34.0 Å². The van der Waals surface area contributed by atoms with Crippen LogP contribution in [0.2, 0.25) is 0 Å². The molecule has 2 N–H and O–H groups in total. The van der Waals surface area contributed by atoms with E-state index in [1.54, 1.807) is 18.5 Å². The van der Waals surface area contributed by atoms with Gasteiger partial charge in [-0.05, 0) is 43.0 Å². The molecule has 0 saturated carbocycles. The highest BCUT2D eigenvalue weighted by atomic mass is 31.2. The fourth-order valence-electron chi connectivity index (χ4n) is 4.06. The van der Waals surface area contributed by atoms with Crippen molar-refractivity contribution in [3.63, 3.8) is 0 Å². The van der Waals surface area contributed by atoms with Gasteiger partial charge in [-0.15, -0.1) is 0 Å². The van der Waals surface area contributed by atoms with Gasteiger partial charge in [-0.25, -0.2) is 15.0 Å². The Kier molecular flexibility index (Phi) is 8.92. The molecule has 3 atom stereocenters. The Balaban J connectivity index is 1.37. The minimum Gasteiger partial charge on any atom is -0.441 e. The van der Waals surface area contributed by atoms with E-state index in [1.807, 2.05) is 48.7 Å². The smallest absolute Gasteiger partial charge is 0.273 e. The van der Waals surface area contributed by atoms with E-state index in [4.69, 9.17) is 19.7 Å². The van der Waals surface area contributed by atoms with Crippen LogP contribution in [0.1, 0.15) is 25.0 Å². The van der Waals surface area contributed by atoms with Crippen LogP contribution >= 0.6 is 7.37 Å². The summed E-state index contributed by atoms with van der Waals surface area (Å²) < 4.78 is 33.9. The first-order valence-electron chi connectivity index (χ1n) is 12.3. The van der Waals surface area contributed by atoms with Gasteiger partial charge in [-0.1, -0.05) is 49.4 Å². The molecule has 2 heterocycles. The molecule has 0 spiro atoms. The molecule has 0 aliphatic carbocycles. The molecule has 0 aliphatic rings. The van der Waals surface area contributed by atoms with Crippen molar-refractivity contribution in [2.45, 2.75) is 40.0 Å². The quantitative estimate of drug-likeness (QED) is 0.235. The number of benzene rings is 2.